The minimum absolute atomic E-state index is 0.00867. The molecule has 6 rings (SSSR count). The number of hydrogen-bond donors (Lipinski definition) is 7. The van der Waals surface area contributed by atoms with Crippen LogP contribution in [0.5, 0.6) is 11.5 Å². The molecule has 55 heavy (non-hydrogen) atoms. The number of carboxylic acid groups (broad SMARTS) is 2. The number of urea groups is 1. The van der Waals surface area contributed by atoms with Crippen molar-refractivity contribution in [1.29, 1.82) is 0 Å². The zero-order chi connectivity index (χ0) is 40.0. The SMILES string of the molecule is Nc1nc(/C(=N/OC2(C(=O)O)CC2)C(=O)CC2C(=O)N3C[C@@](C(=O)O)(N4CCN(NC(=O)C(=O)CCCNC(=O)c5ccc(O)c(O)c5Cl)C4=O)S[C@H]23)ns1. The number of carbonyl (C=O) groups excluding carboxylic acids is 6. The van der Waals surface area contributed by atoms with Gasteiger partial charge in [0.15, 0.2) is 28.1 Å². The number of aromatic hydroxyl groups is 2. The summed E-state index contributed by atoms with van der Waals surface area (Å²) in [5.74, 6) is -9.53. The van der Waals surface area contributed by atoms with E-state index in [4.69, 9.17) is 22.2 Å². The number of oxime groups is 1. The smallest absolute Gasteiger partial charge is 0.350 e. The maximum absolute atomic E-state index is 13.5. The molecule has 22 nitrogen and oxygen atoms in total. The summed E-state index contributed by atoms with van der Waals surface area (Å²) in [5, 5.41) is 44.7. The van der Waals surface area contributed by atoms with E-state index in [1.54, 1.807) is 0 Å². The van der Waals surface area contributed by atoms with Crippen LogP contribution in [0.25, 0.3) is 0 Å². The third-order valence-electron chi connectivity index (χ3n) is 9.16. The number of hydrogen-bond acceptors (Lipinski definition) is 17. The standard InChI is InChI=1S/C30H30ClN9O13S2/c31-17-12(3-4-14(41)19(17)44)21(45)33-7-1-2-15(42)22(46)35-40-9-8-39(28(40)52)30(26(50)51)11-38-23(47)13(24(38)54-30)10-16(43)18(20-34-27(32)55-37-20)36-53-29(5-6-29)25(48)49/h3-4,13,24,41,44H,1-2,5-11H2,(H,33,45)(H,35,46)(H,48,49)(H,50,51)(H2,32,34,37)/b36-18+/t13?,24-,30-/m1/s1. The van der Waals surface area contributed by atoms with E-state index in [1.807, 2.05) is 0 Å². The molecule has 4 heterocycles. The van der Waals surface area contributed by atoms with E-state index in [0.29, 0.717) is 0 Å². The van der Waals surface area contributed by atoms with E-state index >= 15 is 0 Å². The van der Waals surface area contributed by atoms with Crippen LogP contribution in [-0.2, 0) is 33.6 Å². The molecule has 5 amide bonds. The molecular weight excluding hydrogens is 794 g/mol. The van der Waals surface area contributed by atoms with Crippen LogP contribution in [0, 0.1) is 5.92 Å². The summed E-state index contributed by atoms with van der Waals surface area (Å²) in [5.41, 5.74) is 5.60. The summed E-state index contributed by atoms with van der Waals surface area (Å²) in [7, 11) is 0. The summed E-state index contributed by atoms with van der Waals surface area (Å²) in [6.07, 6.45) is -0.586. The van der Waals surface area contributed by atoms with Crippen LogP contribution in [0.15, 0.2) is 17.3 Å². The number of rotatable bonds is 16. The Hall–Kier alpha value is -5.75. The van der Waals surface area contributed by atoms with E-state index in [2.05, 4.69) is 25.3 Å². The molecule has 3 aliphatic heterocycles. The van der Waals surface area contributed by atoms with Gasteiger partial charge in [-0.3, -0.25) is 34.3 Å². The lowest BCUT2D eigenvalue weighted by atomic mass is 9.90. The van der Waals surface area contributed by atoms with Gasteiger partial charge in [0.05, 0.1) is 35.0 Å². The summed E-state index contributed by atoms with van der Waals surface area (Å²) >= 11 is 7.35. The van der Waals surface area contributed by atoms with Crippen molar-refractivity contribution in [3.05, 3.63) is 28.5 Å². The van der Waals surface area contributed by atoms with Gasteiger partial charge in [-0.2, -0.15) is 9.36 Å². The van der Waals surface area contributed by atoms with E-state index < -0.39 is 99.2 Å². The van der Waals surface area contributed by atoms with E-state index in [1.165, 1.54) is 11.0 Å². The first-order valence-corrected chi connectivity index (χ1v) is 18.3. The number of nitrogens with zero attached hydrogens (tertiary/aromatic N) is 6. The van der Waals surface area contributed by atoms with Crippen LogP contribution in [-0.4, -0.2) is 140 Å². The Morgan fingerprint density at radius 2 is 1.80 bits per heavy atom. The van der Waals surface area contributed by atoms with Gasteiger partial charge in [-0.1, -0.05) is 28.5 Å². The van der Waals surface area contributed by atoms with Crippen molar-refractivity contribution in [3.63, 3.8) is 0 Å². The van der Waals surface area contributed by atoms with E-state index in [0.717, 1.165) is 39.3 Å². The molecule has 1 aromatic carbocycles. The molecule has 1 unspecified atom stereocenters. The number of thioether (sulfide) groups is 1. The monoisotopic (exact) mass is 823 g/mol. The minimum Gasteiger partial charge on any atom is -0.504 e. The molecule has 2 aromatic rings. The summed E-state index contributed by atoms with van der Waals surface area (Å²) in [4.78, 5) is 111. The van der Waals surface area contributed by atoms with Gasteiger partial charge in [-0.15, -0.1) is 0 Å². The van der Waals surface area contributed by atoms with Crippen molar-refractivity contribution in [2.45, 2.75) is 47.9 Å². The molecular formula is C30H30ClN9O13S2. The molecule has 1 saturated carbocycles. The minimum atomic E-state index is -2.03. The van der Waals surface area contributed by atoms with Crippen LogP contribution in [0.1, 0.15) is 48.3 Å². The predicted octanol–water partition coefficient (Wildman–Crippen LogP) is -0.658. The van der Waals surface area contributed by atoms with Gasteiger partial charge in [-0.25, -0.2) is 19.4 Å². The molecule has 1 aromatic heterocycles. The number of phenolic OH excluding ortho intramolecular Hbond substituents is 2. The second kappa shape index (κ2) is 14.8. The second-order valence-corrected chi connectivity index (χ2v) is 15.2. The lowest BCUT2D eigenvalue weighted by Crippen LogP contribution is -2.60. The van der Waals surface area contributed by atoms with Gasteiger partial charge >= 0.3 is 23.9 Å². The molecule has 8 N–H and O–H groups in total. The first-order chi connectivity index (χ1) is 26.0. The number of halogens is 1. The van der Waals surface area contributed by atoms with Crippen LogP contribution >= 0.6 is 34.9 Å². The number of hydrazine groups is 1. The average Bonchev–Trinajstić information content (AvgIpc) is 3.48. The molecule has 3 saturated heterocycles. The Labute approximate surface area is 321 Å². The number of aliphatic carboxylic acids is 2. The number of nitrogen functional groups attached to an aromatic ring is 1. The Morgan fingerprint density at radius 1 is 1.07 bits per heavy atom. The number of amides is 5. The lowest BCUT2D eigenvalue weighted by molar-refractivity contribution is -0.154. The van der Waals surface area contributed by atoms with Crippen LogP contribution < -0.4 is 16.5 Å². The molecule has 292 valence electrons. The number of aromatic nitrogens is 2. The maximum Gasteiger partial charge on any atom is 0.350 e. The second-order valence-electron chi connectivity index (χ2n) is 12.7. The number of fused-ring (bicyclic) bond motifs is 1. The average molecular weight is 824 g/mol. The third kappa shape index (κ3) is 7.26. The highest BCUT2D eigenvalue weighted by Gasteiger charge is 2.66. The van der Waals surface area contributed by atoms with Gasteiger partial charge in [-0.05, 0) is 18.6 Å². The molecule has 0 bridgehead atoms. The fourth-order valence-electron chi connectivity index (χ4n) is 5.93. The molecule has 0 radical (unpaired) electrons. The number of benzene rings is 1. The number of ketones is 2. The summed E-state index contributed by atoms with van der Waals surface area (Å²) in [6, 6.07) is 1.28. The van der Waals surface area contributed by atoms with Crippen molar-refractivity contribution < 1.29 is 63.6 Å². The molecule has 25 heteroatoms. The number of carboxylic acids is 2. The van der Waals surface area contributed by atoms with Gasteiger partial charge in [0, 0.05) is 50.3 Å². The predicted molar refractivity (Wildman–Crippen MR) is 186 cm³/mol. The number of anilines is 1. The molecule has 0 spiro atoms. The number of phenols is 2. The van der Waals surface area contributed by atoms with Gasteiger partial charge < -0.3 is 41.2 Å². The highest BCUT2D eigenvalue weighted by Crippen LogP contribution is 2.53. The van der Waals surface area contributed by atoms with Crippen molar-refractivity contribution in [2.24, 2.45) is 11.1 Å². The Kier molecular flexibility index (Phi) is 10.5. The Morgan fingerprint density at radius 3 is 2.44 bits per heavy atom. The first kappa shape index (κ1) is 39.0. The van der Waals surface area contributed by atoms with Gasteiger partial charge in [0.2, 0.25) is 28.0 Å². The fourth-order valence-corrected chi connectivity index (χ4v) is 8.31. The first-order valence-electron chi connectivity index (χ1n) is 16.2. The Balaban J connectivity index is 1.04. The van der Waals surface area contributed by atoms with Gasteiger partial charge in [0.25, 0.3) is 5.91 Å². The molecule has 1 aliphatic carbocycles. The number of carbonyl (C=O) groups is 8. The lowest BCUT2D eigenvalue weighted by Gasteiger charge is -2.40. The highest BCUT2D eigenvalue weighted by atomic mass is 35.5. The van der Waals surface area contributed by atoms with Crippen LogP contribution in [0.2, 0.25) is 5.02 Å². The fraction of sp³-hybridized carbons (Fsp3) is 0.433. The van der Waals surface area contributed by atoms with Crippen molar-refractivity contribution >= 4 is 93.0 Å². The van der Waals surface area contributed by atoms with Crippen molar-refractivity contribution in [3.8, 4) is 11.5 Å². The highest BCUT2D eigenvalue weighted by molar-refractivity contribution is 8.02. The van der Waals surface area contributed by atoms with Crippen LogP contribution in [0.3, 0.4) is 0 Å². The summed E-state index contributed by atoms with van der Waals surface area (Å²) in [6.45, 7) is -0.977. The maximum atomic E-state index is 13.5. The number of nitrogens with two attached hydrogens (primary N) is 1. The third-order valence-corrected chi connectivity index (χ3v) is 11.8. The zero-order valence-electron chi connectivity index (χ0n) is 28.1. The van der Waals surface area contributed by atoms with E-state index in [-0.39, 0.29) is 66.9 Å². The number of nitrogens with one attached hydrogen (secondary N) is 2. The molecule has 4 fully saturated rings. The van der Waals surface area contributed by atoms with Crippen LogP contribution in [0.4, 0.5) is 9.93 Å². The normalized spacial score (nSPS) is 22.5. The van der Waals surface area contributed by atoms with Crippen molar-refractivity contribution in [2.75, 3.05) is 31.9 Å². The van der Waals surface area contributed by atoms with Gasteiger partial charge in [0.1, 0.15) is 0 Å². The molecule has 4 aliphatic rings. The summed E-state index contributed by atoms with van der Waals surface area (Å²) < 4.78 is 3.94. The van der Waals surface area contributed by atoms with Crippen molar-refractivity contribution in [1.82, 2.24) is 34.9 Å². The topological polar surface area (TPSA) is 325 Å². The zero-order valence-corrected chi connectivity index (χ0v) is 30.5. The molecule has 3 atom stereocenters. The Bertz CT molecular complexity index is 2060. The largest absolute Gasteiger partial charge is 0.504 e. The quantitative estimate of drug-likeness (QED) is 0.0276. The number of β-lactam (4-membered cyclic amide) rings is 1. The number of Topliss-reactive ketones (excluding diaryl/α,β-unsaturated/α-hetero) is 2. The van der Waals surface area contributed by atoms with E-state index in [9.17, 15) is 58.8 Å².